The van der Waals surface area contributed by atoms with Crippen LogP contribution in [0.2, 0.25) is 10.0 Å². The minimum absolute atomic E-state index is 0.228. The number of pyridine rings is 2. The number of aryl methyl sites for hydroxylation is 2. The van der Waals surface area contributed by atoms with E-state index in [9.17, 15) is 9.59 Å². The summed E-state index contributed by atoms with van der Waals surface area (Å²) >= 11 is 13.2. The molecule has 4 heterocycles. The van der Waals surface area contributed by atoms with Crippen molar-refractivity contribution in [2.45, 2.75) is 59.4 Å². The first kappa shape index (κ1) is 38.2. The number of methoxy groups -OCH3 is 2. The van der Waals surface area contributed by atoms with Crippen LogP contribution in [0.25, 0.3) is 11.1 Å². The van der Waals surface area contributed by atoms with Crippen LogP contribution >= 0.6 is 23.2 Å². The fourth-order valence-electron chi connectivity index (χ4n) is 6.03. The van der Waals surface area contributed by atoms with Crippen LogP contribution < -0.4 is 35.4 Å². The van der Waals surface area contributed by atoms with Crippen molar-refractivity contribution in [1.82, 2.24) is 25.6 Å². The Kier molecular flexibility index (Phi) is 12.4. The maximum Gasteiger partial charge on any atom is 0.280 e. The maximum atomic E-state index is 11.3. The molecule has 282 valence electrons. The molecule has 0 radical (unpaired) electrons. The van der Waals surface area contributed by atoms with Gasteiger partial charge in [0.25, 0.3) is 11.1 Å². The average Bonchev–Trinajstić information content (AvgIpc) is 3.78. The number of nitrogens with one attached hydrogen (secondary N) is 3. The average molecular weight is 777 g/mol. The second kappa shape index (κ2) is 17.5. The van der Waals surface area contributed by atoms with Gasteiger partial charge < -0.3 is 33.3 Å². The Hall–Kier alpha value is -5.50. The van der Waals surface area contributed by atoms with E-state index in [1.54, 1.807) is 19.2 Å². The number of halogens is 2. The van der Waals surface area contributed by atoms with Crippen LogP contribution in [0.15, 0.2) is 79.3 Å². The molecule has 0 amide bonds. The third-order valence-electron chi connectivity index (χ3n) is 8.90. The predicted octanol–water partition coefficient (Wildman–Crippen LogP) is 7.27. The summed E-state index contributed by atoms with van der Waals surface area (Å²) in [4.78, 5) is 31.7. The molecule has 0 aliphatic rings. The van der Waals surface area contributed by atoms with Gasteiger partial charge in [0.2, 0.25) is 23.5 Å². The summed E-state index contributed by atoms with van der Waals surface area (Å²) in [5.74, 6) is 2.38. The van der Waals surface area contributed by atoms with Gasteiger partial charge in [0.05, 0.1) is 20.8 Å². The number of rotatable bonds is 17. The first-order valence-corrected chi connectivity index (χ1v) is 17.8. The smallest absolute Gasteiger partial charge is 0.280 e. The Labute approximate surface area is 320 Å². The molecule has 3 N–H and O–H groups in total. The third-order valence-corrected chi connectivity index (χ3v) is 9.44. The van der Waals surface area contributed by atoms with E-state index in [0.29, 0.717) is 65.7 Å². The maximum absolute atomic E-state index is 11.3. The molecule has 0 atom stereocenters. The molecule has 0 unspecified atom stereocenters. The van der Waals surface area contributed by atoms with E-state index in [2.05, 4.69) is 51.6 Å². The zero-order chi connectivity index (χ0) is 38.2. The van der Waals surface area contributed by atoms with Gasteiger partial charge in [-0.3, -0.25) is 9.59 Å². The zero-order valence-electron chi connectivity index (χ0n) is 30.1. The molecule has 0 saturated carbocycles. The Morgan fingerprint density at radius 3 is 1.69 bits per heavy atom. The van der Waals surface area contributed by atoms with E-state index in [1.165, 1.54) is 19.2 Å². The van der Waals surface area contributed by atoms with Gasteiger partial charge in [0.1, 0.15) is 29.0 Å². The van der Waals surface area contributed by atoms with Gasteiger partial charge in [0.15, 0.2) is 5.76 Å². The molecule has 0 saturated heterocycles. The van der Waals surface area contributed by atoms with Gasteiger partial charge in [-0.05, 0) is 72.2 Å². The molecule has 13 nitrogen and oxygen atoms in total. The number of hydrogen-bond acceptors (Lipinski definition) is 11. The van der Waals surface area contributed by atoms with E-state index in [4.69, 9.17) is 51.2 Å². The second-order valence-electron chi connectivity index (χ2n) is 12.5. The van der Waals surface area contributed by atoms with Crippen molar-refractivity contribution >= 4 is 23.2 Å². The van der Waals surface area contributed by atoms with Crippen molar-refractivity contribution in [3.05, 3.63) is 136 Å². The molecule has 0 fully saturated rings. The first-order valence-electron chi connectivity index (χ1n) is 17.1. The minimum atomic E-state index is -0.301. The number of aromatic amines is 2. The molecular formula is C39H39Cl2N5O8. The first-order chi connectivity index (χ1) is 26.1. The van der Waals surface area contributed by atoms with E-state index in [-0.39, 0.29) is 36.1 Å². The van der Waals surface area contributed by atoms with Crippen LogP contribution in [-0.2, 0) is 39.1 Å². The van der Waals surface area contributed by atoms with Gasteiger partial charge >= 0.3 is 0 Å². The number of benzene rings is 2. The molecule has 4 aromatic heterocycles. The number of aromatic nitrogens is 4. The molecule has 6 rings (SSSR count). The molecule has 2 aromatic carbocycles. The summed E-state index contributed by atoms with van der Waals surface area (Å²) in [6.45, 7) is 5.29. The topological polar surface area (TPSA) is 167 Å². The monoisotopic (exact) mass is 775 g/mol. The number of nitrogens with zero attached hydrogens (tertiary/aromatic N) is 2. The predicted molar refractivity (Wildman–Crippen MR) is 203 cm³/mol. The van der Waals surface area contributed by atoms with E-state index in [0.717, 1.165) is 44.5 Å². The quantitative estimate of drug-likeness (QED) is 0.0853. The largest absolute Gasteiger partial charge is 0.481 e. The molecular weight excluding hydrogens is 737 g/mol. The highest BCUT2D eigenvalue weighted by molar-refractivity contribution is 6.32. The summed E-state index contributed by atoms with van der Waals surface area (Å²) in [6.07, 6.45) is 1.91. The van der Waals surface area contributed by atoms with Crippen LogP contribution in [0.4, 0.5) is 0 Å². The van der Waals surface area contributed by atoms with Crippen LogP contribution in [0.3, 0.4) is 0 Å². The normalized spacial score (nSPS) is 11.1. The van der Waals surface area contributed by atoms with Gasteiger partial charge in [0, 0.05) is 36.2 Å². The van der Waals surface area contributed by atoms with Crippen LogP contribution in [0, 0.1) is 13.8 Å². The minimum Gasteiger partial charge on any atom is -0.481 e. The lowest BCUT2D eigenvalue weighted by molar-refractivity contribution is 0.285. The molecule has 0 bridgehead atoms. The highest BCUT2D eigenvalue weighted by atomic mass is 35.5. The van der Waals surface area contributed by atoms with E-state index in [1.807, 2.05) is 24.3 Å². The lowest BCUT2D eigenvalue weighted by atomic mass is 9.92. The highest BCUT2D eigenvalue weighted by Gasteiger charge is 2.17. The Morgan fingerprint density at radius 1 is 0.648 bits per heavy atom. The second-order valence-corrected chi connectivity index (χ2v) is 13.3. The highest BCUT2D eigenvalue weighted by Crippen LogP contribution is 2.34. The van der Waals surface area contributed by atoms with Crippen LogP contribution in [0.5, 0.6) is 23.5 Å². The fraction of sp³-hybridized carbons (Fsp3) is 0.282. The van der Waals surface area contributed by atoms with Crippen molar-refractivity contribution < 1.29 is 28.0 Å². The van der Waals surface area contributed by atoms with Crippen LogP contribution in [0.1, 0.15) is 51.3 Å². The van der Waals surface area contributed by atoms with Crippen molar-refractivity contribution in [3.8, 4) is 34.6 Å². The molecule has 0 aliphatic carbocycles. The lowest BCUT2D eigenvalue weighted by Gasteiger charge is -2.17. The van der Waals surface area contributed by atoms with Crippen molar-refractivity contribution in [1.29, 1.82) is 0 Å². The molecule has 0 aliphatic heterocycles. The summed E-state index contributed by atoms with van der Waals surface area (Å²) in [5.41, 5.74) is 7.11. The van der Waals surface area contributed by atoms with Crippen molar-refractivity contribution in [3.63, 3.8) is 0 Å². The van der Waals surface area contributed by atoms with E-state index >= 15 is 0 Å². The molecule has 54 heavy (non-hydrogen) atoms. The lowest BCUT2D eigenvalue weighted by Crippen LogP contribution is -2.14. The molecule has 6 aromatic rings. The Balaban J connectivity index is 1.11. The van der Waals surface area contributed by atoms with Gasteiger partial charge in [-0.1, -0.05) is 59.6 Å². The number of ether oxygens (including phenoxy) is 4. The summed E-state index contributed by atoms with van der Waals surface area (Å²) in [6, 6.07) is 18.5. The van der Waals surface area contributed by atoms with Gasteiger partial charge in [-0.15, -0.1) is 0 Å². The standard InChI is InChI=1S/C39H39Cl2N5O8/c1-22-25(20-51-38-32(40)14-24(36(43-38)49-3)8-5-11-28-16-34(47)45-53-28)9-6-12-30(22)31-13-7-10-26(23(31)2)21-52-39-33(41)15-27(37(44-39)50-4)18-42-19-29-17-35(48)46-54-29/h6-7,9-10,12-17,42H,5,8,11,18-21H2,1-4H3,(H,45,47)(H,46,48). The number of H-pyrrole nitrogens is 2. The fourth-order valence-corrected chi connectivity index (χ4v) is 6.49. The van der Waals surface area contributed by atoms with Crippen LogP contribution in [-0.4, -0.2) is 34.5 Å². The summed E-state index contributed by atoms with van der Waals surface area (Å²) < 4.78 is 33.6. The van der Waals surface area contributed by atoms with Crippen molar-refractivity contribution in [2.24, 2.45) is 0 Å². The molecule has 15 heteroatoms. The van der Waals surface area contributed by atoms with Gasteiger partial charge in [-0.25, -0.2) is 0 Å². The van der Waals surface area contributed by atoms with Crippen molar-refractivity contribution in [2.75, 3.05) is 14.2 Å². The SMILES string of the molecule is COc1nc(OCc2cccc(-c3cccc(COc4nc(OC)c(CNCc5cc(=O)[nH]o5)cc4Cl)c3C)c2C)c(Cl)cc1CCCc1cc(=O)[nH]o1. The molecule has 0 spiro atoms. The summed E-state index contributed by atoms with van der Waals surface area (Å²) in [5, 5.41) is 8.46. The zero-order valence-corrected chi connectivity index (χ0v) is 31.7. The summed E-state index contributed by atoms with van der Waals surface area (Å²) in [7, 11) is 3.08. The number of hydrogen-bond donors (Lipinski definition) is 3. The Bertz CT molecular complexity index is 2190. The van der Waals surface area contributed by atoms with E-state index < -0.39 is 0 Å². The van der Waals surface area contributed by atoms with Gasteiger partial charge in [-0.2, -0.15) is 20.3 Å². The third kappa shape index (κ3) is 9.16. The Morgan fingerprint density at radius 2 is 1.17 bits per heavy atom.